The molecule has 0 fully saturated rings. The molecule has 0 atom stereocenters. The van der Waals surface area contributed by atoms with E-state index in [1.165, 1.54) is 0 Å². The van der Waals surface area contributed by atoms with E-state index in [4.69, 9.17) is 9.47 Å². The zero-order chi connectivity index (χ0) is 15.6. The van der Waals surface area contributed by atoms with E-state index < -0.39 is 0 Å². The fourth-order valence-corrected chi connectivity index (χ4v) is 1.90. The van der Waals surface area contributed by atoms with Crippen molar-refractivity contribution in [1.29, 1.82) is 0 Å². The van der Waals surface area contributed by atoms with E-state index in [0.29, 0.717) is 13.2 Å². The maximum atomic E-state index is 5.44. The highest BCUT2D eigenvalue weighted by atomic mass is 16.5. The Morgan fingerprint density at radius 3 is 1.64 bits per heavy atom. The quantitative estimate of drug-likeness (QED) is 0.574. The van der Waals surface area contributed by atoms with Crippen LogP contribution in [0.2, 0.25) is 0 Å². The third kappa shape index (κ3) is 5.05. The van der Waals surface area contributed by atoms with Crippen molar-refractivity contribution >= 4 is 12.4 Å². The molecule has 0 saturated carbocycles. The van der Waals surface area contributed by atoms with Crippen LogP contribution in [0.3, 0.4) is 0 Å². The molecule has 22 heavy (non-hydrogen) atoms. The van der Waals surface area contributed by atoms with E-state index in [0.717, 1.165) is 22.6 Å². The number of hydrogen-bond acceptors (Lipinski definition) is 4. The van der Waals surface area contributed by atoms with Gasteiger partial charge >= 0.3 is 0 Å². The first-order chi connectivity index (χ1) is 10.8. The third-order valence-electron chi connectivity index (χ3n) is 2.82. The Balaban J connectivity index is 1.99. The minimum Gasteiger partial charge on any atom is -0.494 e. The van der Waals surface area contributed by atoms with E-state index in [1.54, 1.807) is 12.4 Å². The van der Waals surface area contributed by atoms with Gasteiger partial charge in [-0.05, 0) is 49.2 Å². The number of benzene rings is 2. The highest BCUT2D eigenvalue weighted by molar-refractivity contribution is 5.83. The maximum absolute atomic E-state index is 5.44. The van der Waals surface area contributed by atoms with Crippen molar-refractivity contribution in [1.82, 2.24) is 0 Å². The number of rotatable bonds is 7. The predicted molar refractivity (Wildman–Crippen MR) is 90.4 cm³/mol. The normalized spacial score (nSPS) is 11.2. The van der Waals surface area contributed by atoms with Crippen LogP contribution in [0.25, 0.3) is 0 Å². The van der Waals surface area contributed by atoms with Gasteiger partial charge in [-0.25, -0.2) is 0 Å². The van der Waals surface area contributed by atoms with Gasteiger partial charge in [0.2, 0.25) is 0 Å². The van der Waals surface area contributed by atoms with Gasteiger partial charge < -0.3 is 9.47 Å². The first-order valence-corrected chi connectivity index (χ1v) is 7.34. The molecule has 0 N–H and O–H groups in total. The molecule has 0 unspecified atom stereocenters. The molecule has 0 spiro atoms. The SMILES string of the molecule is CCOc1cccc(C=NN=Cc2cccc(OCC)c2)c1. The predicted octanol–water partition coefficient (Wildman–Crippen LogP) is 3.94. The summed E-state index contributed by atoms with van der Waals surface area (Å²) in [5.41, 5.74) is 1.90. The van der Waals surface area contributed by atoms with Crippen molar-refractivity contribution < 1.29 is 9.47 Å². The Kier molecular flexibility index (Phi) is 6.18. The molecule has 2 aromatic carbocycles. The maximum Gasteiger partial charge on any atom is 0.119 e. The lowest BCUT2D eigenvalue weighted by Crippen LogP contribution is -1.92. The fourth-order valence-electron chi connectivity index (χ4n) is 1.90. The molecule has 0 amide bonds. The molecule has 0 aliphatic heterocycles. The number of hydrogen-bond donors (Lipinski definition) is 0. The van der Waals surface area contributed by atoms with Gasteiger partial charge in [-0.15, -0.1) is 0 Å². The average molecular weight is 296 g/mol. The van der Waals surface area contributed by atoms with Gasteiger partial charge in [-0.1, -0.05) is 24.3 Å². The van der Waals surface area contributed by atoms with Gasteiger partial charge in [0.25, 0.3) is 0 Å². The molecule has 0 aliphatic carbocycles. The summed E-state index contributed by atoms with van der Waals surface area (Å²) in [6, 6.07) is 15.5. The molecule has 0 saturated heterocycles. The summed E-state index contributed by atoms with van der Waals surface area (Å²) >= 11 is 0. The van der Waals surface area contributed by atoms with Gasteiger partial charge in [0, 0.05) is 0 Å². The largest absolute Gasteiger partial charge is 0.494 e. The van der Waals surface area contributed by atoms with Gasteiger partial charge in [-0.3, -0.25) is 0 Å². The van der Waals surface area contributed by atoms with Crippen molar-refractivity contribution in [2.45, 2.75) is 13.8 Å². The molecule has 4 nitrogen and oxygen atoms in total. The lowest BCUT2D eigenvalue weighted by molar-refractivity contribution is 0.340. The summed E-state index contributed by atoms with van der Waals surface area (Å²) in [6.45, 7) is 5.21. The third-order valence-corrected chi connectivity index (χ3v) is 2.82. The first kappa shape index (κ1) is 15.8. The van der Waals surface area contributed by atoms with Crippen LogP contribution in [0.15, 0.2) is 58.7 Å². The summed E-state index contributed by atoms with van der Waals surface area (Å²) < 4.78 is 10.9. The number of ether oxygens (including phenoxy) is 2. The van der Waals surface area contributed by atoms with Crippen LogP contribution in [0.1, 0.15) is 25.0 Å². The molecule has 0 heterocycles. The van der Waals surface area contributed by atoms with E-state index in [2.05, 4.69) is 10.2 Å². The minimum atomic E-state index is 0.648. The van der Waals surface area contributed by atoms with E-state index in [1.807, 2.05) is 62.4 Å². The van der Waals surface area contributed by atoms with Gasteiger partial charge in [0.1, 0.15) is 11.5 Å². The molecule has 114 valence electrons. The minimum absolute atomic E-state index is 0.648. The van der Waals surface area contributed by atoms with Gasteiger partial charge in [0.05, 0.1) is 25.6 Å². The van der Waals surface area contributed by atoms with Crippen molar-refractivity contribution in [3.63, 3.8) is 0 Å². The van der Waals surface area contributed by atoms with Crippen molar-refractivity contribution in [3.05, 3.63) is 59.7 Å². The molecule has 0 aromatic heterocycles. The average Bonchev–Trinajstić information content (AvgIpc) is 2.53. The van der Waals surface area contributed by atoms with Crippen LogP contribution in [0, 0.1) is 0 Å². The molecule has 0 aliphatic rings. The topological polar surface area (TPSA) is 43.2 Å². The van der Waals surface area contributed by atoms with Crippen LogP contribution < -0.4 is 9.47 Å². The van der Waals surface area contributed by atoms with E-state index >= 15 is 0 Å². The lowest BCUT2D eigenvalue weighted by atomic mass is 10.2. The Hall–Kier alpha value is -2.62. The molecule has 0 bridgehead atoms. The Morgan fingerprint density at radius 1 is 0.773 bits per heavy atom. The second-order valence-corrected chi connectivity index (χ2v) is 4.50. The first-order valence-electron chi connectivity index (χ1n) is 7.34. The molecule has 2 rings (SSSR count). The van der Waals surface area contributed by atoms with E-state index in [9.17, 15) is 0 Å². The monoisotopic (exact) mass is 296 g/mol. The zero-order valence-electron chi connectivity index (χ0n) is 12.9. The molecular formula is C18H20N2O2. The molecule has 4 heteroatoms. The van der Waals surface area contributed by atoms with Crippen molar-refractivity contribution in [2.75, 3.05) is 13.2 Å². The fraction of sp³-hybridized carbons (Fsp3) is 0.222. The van der Waals surface area contributed by atoms with Crippen LogP contribution in [0.4, 0.5) is 0 Å². The summed E-state index contributed by atoms with van der Waals surface area (Å²) in [7, 11) is 0. The van der Waals surface area contributed by atoms with Crippen LogP contribution in [-0.2, 0) is 0 Å². The lowest BCUT2D eigenvalue weighted by Gasteiger charge is -2.02. The second-order valence-electron chi connectivity index (χ2n) is 4.50. The summed E-state index contributed by atoms with van der Waals surface area (Å²) in [4.78, 5) is 0. The Morgan fingerprint density at radius 2 is 1.23 bits per heavy atom. The standard InChI is InChI=1S/C18H20N2O2/c1-3-21-17-9-5-7-15(11-17)13-19-20-14-16-8-6-10-18(12-16)22-4-2/h5-14H,3-4H2,1-2H3. The second kappa shape index (κ2) is 8.62. The summed E-state index contributed by atoms with van der Waals surface area (Å²) in [5, 5.41) is 8.12. The zero-order valence-corrected chi connectivity index (χ0v) is 12.9. The number of nitrogens with zero attached hydrogens (tertiary/aromatic N) is 2. The summed E-state index contributed by atoms with van der Waals surface area (Å²) in [6.07, 6.45) is 3.40. The Bertz CT molecular complexity index is 594. The highest BCUT2D eigenvalue weighted by Crippen LogP contribution is 2.13. The van der Waals surface area contributed by atoms with Crippen LogP contribution in [0.5, 0.6) is 11.5 Å². The summed E-state index contributed by atoms with van der Waals surface area (Å²) in [5.74, 6) is 1.67. The highest BCUT2D eigenvalue weighted by Gasteiger charge is 1.94. The van der Waals surface area contributed by atoms with E-state index in [-0.39, 0.29) is 0 Å². The van der Waals surface area contributed by atoms with Gasteiger partial charge in [0.15, 0.2) is 0 Å². The van der Waals surface area contributed by atoms with Crippen molar-refractivity contribution in [3.8, 4) is 11.5 Å². The van der Waals surface area contributed by atoms with Gasteiger partial charge in [-0.2, -0.15) is 10.2 Å². The molecule has 0 radical (unpaired) electrons. The molecular weight excluding hydrogens is 276 g/mol. The van der Waals surface area contributed by atoms with Crippen LogP contribution in [-0.4, -0.2) is 25.6 Å². The van der Waals surface area contributed by atoms with Crippen LogP contribution >= 0.6 is 0 Å². The Labute approximate surface area is 131 Å². The van der Waals surface area contributed by atoms with Crippen molar-refractivity contribution in [2.24, 2.45) is 10.2 Å². The molecule has 2 aromatic rings. The smallest absolute Gasteiger partial charge is 0.119 e.